The second kappa shape index (κ2) is 11.1. The molecule has 1 aliphatic rings. The van der Waals surface area contributed by atoms with Gasteiger partial charge in [0.25, 0.3) is 5.13 Å². The van der Waals surface area contributed by atoms with Gasteiger partial charge in [0.05, 0.1) is 11.8 Å². The number of halogens is 3. The maximum atomic E-state index is 12.8. The van der Waals surface area contributed by atoms with Crippen LogP contribution in [0.3, 0.4) is 0 Å². The van der Waals surface area contributed by atoms with Crippen molar-refractivity contribution in [1.29, 1.82) is 0 Å². The van der Waals surface area contributed by atoms with E-state index in [-0.39, 0.29) is 33.7 Å². The zero-order valence-electron chi connectivity index (χ0n) is 20.2. The quantitative estimate of drug-likeness (QED) is 0.330. The van der Waals surface area contributed by atoms with Gasteiger partial charge in [0.2, 0.25) is 15.0 Å². The Morgan fingerprint density at radius 1 is 1.28 bits per heavy atom. The second-order valence-electron chi connectivity index (χ2n) is 8.41. The molecule has 0 saturated carbocycles. The normalized spacial score (nSPS) is 16.4. The van der Waals surface area contributed by atoms with Gasteiger partial charge in [0.1, 0.15) is 5.69 Å². The molecular formula is C21H27F3N6O4S2. The van der Waals surface area contributed by atoms with E-state index in [0.717, 1.165) is 35.4 Å². The van der Waals surface area contributed by atoms with E-state index in [9.17, 15) is 26.4 Å². The molecule has 0 aliphatic carbocycles. The lowest BCUT2D eigenvalue weighted by molar-refractivity contribution is -0.106. The number of aromatic nitrogens is 2. The Bertz CT molecular complexity index is 1230. The molecule has 3 rings (SSSR count). The molecule has 1 unspecified atom stereocenters. The molecule has 36 heavy (non-hydrogen) atoms. The highest BCUT2D eigenvalue weighted by Gasteiger charge is 2.36. The summed E-state index contributed by atoms with van der Waals surface area (Å²) in [7, 11) is -4.77. The molecular weight excluding hydrogens is 521 g/mol. The van der Waals surface area contributed by atoms with Crippen LogP contribution in [0.2, 0.25) is 0 Å². The van der Waals surface area contributed by atoms with Gasteiger partial charge in [-0.2, -0.15) is 13.2 Å². The molecule has 10 nitrogen and oxygen atoms in total. The minimum Gasteiger partial charge on any atom is -0.458 e. The predicted molar refractivity (Wildman–Crippen MR) is 130 cm³/mol. The maximum Gasteiger partial charge on any atom is 0.404 e. The summed E-state index contributed by atoms with van der Waals surface area (Å²) in [5, 5.41) is 15.4. The van der Waals surface area contributed by atoms with E-state index in [1.807, 2.05) is 18.6 Å². The first-order chi connectivity index (χ1) is 16.8. The number of nitrogens with one attached hydrogen (secondary N) is 1. The first kappa shape index (κ1) is 27.8. The van der Waals surface area contributed by atoms with Gasteiger partial charge in [-0.3, -0.25) is 4.72 Å². The third kappa shape index (κ3) is 7.12. The first-order valence-corrected chi connectivity index (χ1v) is 13.8. The zero-order valence-corrected chi connectivity index (χ0v) is 21.8. The fourth-order valence-electron chi connectivity index (χ4n) is 3.90. The van der Waals surface area contributed by atoms with Gasteiger partial charge in [-0.05, 0) is 57.7 Å². The summed E-state index contributed by atoms with van der Waals surface area (Å²) in [6.07, 6.45) is -2.86. The lowest BCUT2D eigenvalue weighted by atomic mass is 9.93. The highest BCUT2D eigenvalue weighted by molar-refractivity contribution is 7.92. The third-order valence-electron chi connectivity index (χ3n) is 5.30. The van der Waals surface area contributed by atoms with Crippen molar-refractivity contribution in [2.24, 2.45) is 10.2 Å². The van der Waals surface area contributed by atoms with Crippen molar-refractivity contribution >= 4 is 49.5 Å². The fourth-order valence-corrected chi connectivity index (χ4v) is 5.45. The highest BCUT2D eigenvalue weighted by atomic mass is 32.2. The third-order valence-corrected chi connectivity index (χ3v) is 7.33. The van der Waals surface area contributed by atoms with E-state index in [2.05, 4.69) is 25.3 Å². The monoisotopic (exact) mass is 548 g/mol. The van der Waals surface area contributed by atoms with Crippen molar-refractivity contribution in [1.82, 2.24) is 10.2 Å². The van der Waals surface area contributed by atoms with Crippen LogP contribution in [0.15, 0.2) is 22.4 Å². The number of nitrogens with zero attached hydrogens (tertiary/aromatic N) is 5. The zero-order chi connectivity index (χ0) is 26.7. The van der Waals surface area contributed by atoms with Crippen LogP contribution in [0.5, 0.6) is 0 Å². The van der Waals surface area contributed by atoms with Crippen molar-refractivity contribution in [2.75, 3.05) is 21.9 Å². The minimum atomic E-state index is -4.92. The van der Waals surface area contributed by atoms with E-state index in [4.69, 9.17) is 4.74 Å². The van der Waals surface area contributed by atoms with Crippen molar-refractivity contribution in [3.63, 3.8) is 0 Å². The smallest absolute Gasteiger partial charge is 0.404 e. The van der Waals surface area contributed by atoms with Crippen molar-refractivity contribution < 1.29 is 31.1 Å². The number of alkyl halides is 3. The maximum absolute atomic E-state index is 12.8. The number of azo groups is 1. The van der Waals surface area contributed by atoms with E-state index in [1.54, 1.807) is 19.9 Å². The van der Waals surface area contributed by atoms with Crippen LogP contribution in [0, 0.1) is 0 Å². The molecule has 0 bridgehead atoms. The molecule has 0 spiro atoms. The van der Waals surface area contributed by atoms with E-state index >= 15 is 0 Å². The van der Waals surface area contributed by atoms with Crippen LogP contribution < -0.4 is 9.62 Å². The fraction of sp³-hybridized carbons (Fsp3) is 0.571. The molecule has 1 aromatic heterocycles. The number of carbonyl (C=O) groups excluding carboxylic acids is 1. The summed E-state index contributed by atoms with van der Waals surface area (Å²) >= 11 is 0.812. The molecule has 198 valence electrons. The number of esters is 1. The Morgan fingerprint density at radius 2 is 2.00 bits per heavy atom. The number of hydrogen-bond donors (Lipinski definition) is 1. The average molecular weight is 549 g/mol. The molecule has 0 fully saturated rings. The molecule has 1 atom stereocenters. The summed E-state index contributed by atoms with van der Waals surface area (Å²) in [4.78, 5) is 14.1. The van der Waals surface area contributed by atoms with Gasteiger partial charge in [-0.1, -0.05) is 18.3 Å². The number of ether oxygens (including phenoxy) is 1. The predicted octanol–water partition coefficient (Wildman–Crippen LogP) is 5.37. The summed E-state index contributed by atoms with van der Waals surface area (Å²) in [6.45, 7) is 8.00. The number of hydrogen-bond acceptors (Lipinski definition) is 10. The largest absolute Gasteiger partial charge is 0.458 e. The molecule has 0 amide bonds. The summed E-state index contributed by atoms with van der Waals surface area (Å²) in [5.74, 6) is -2.72. The van der Waals surface area contributed by atoms with Crippen LogP contribution in [-0.2, 0) is 21.2 Å². The molecule has 2 heterocycles. The Balaban J connectivity index is 1.99. The highest BCUT2D eigenvalue weighted by Crippen LogP contribution is 2.40. The van der Waals surface area contributed by atoms with Crippen LogP contribution in [0.1, 0.15) is 55.9 Å². The molecule has 1 aromatic carbocycles. The minimum absolute atomic E-state index is 0.00578. The number of anilines is 2. The number of sulfonamides is 1. The molecule has 1 N–H and O–H groups in total. The SMILES string of the molecule is CCC1CCc2cc(N=Nc3nnc(C(=O)OC(C)C)s3)c(NS(=O)(=O)CC(F)(F)F)cc2N1CC. The molecule has 0 radical (unpaired) electrons. The van der Waals surface area contributed by atoms with Crippen LogP contribution in [-0.4, -0.2) is 55.2 Å². The Hall–Kier alpha value is -2.81. The lowest BCUT2D eigenvalue weighted by Crippen LogP contribution is -2.38. The van der Waals surface area contributed by atoms with E-state index in [0.29, 0.717) is 13.0 Å². The van der Waals surface area contributed by atoms with Gasteiger partial charge >= 0.3 is 12.1 Å². The summed E-state index contributed by atoms with van der Waals surface area (Å²) in [5.41, 5.74) is 1.48. The average Bonchev–Trinajstić information content (AvgIpc) is 3.23. The second-order valence-corrected chi connectivity index (χ2v) is 11.1. The van der Waals surface area contributed by atoms with Gasteiger partial charge < -0.3 is 9.64 Å². The number of carbonyl (C=O) groups is 1. The van der Waals surface area contributed by atoms with Crippen LogP contribution >= 0.6 is 11.3 Å². The molecule has 0 saturated heterocycles. The Morgan fingerprint density at radius 3 is 2.61 bits per heavy atom. The van der Waals surface area contributed by atoms with Crippen molar-refractivity contribution in [3.05, 3.63) is 22.7 Å². The summed E-state index contributed by atoms with van der Waals surface area (Å²) < 4.78 is 70.1. The number of aryl methyl sites for hydroxylation is 1. The molecule has 2 aromatic rings. The van der Waals surface area contributed by atoms with E-state index < -0.39 is 27.9 Å². The molecule has 15 heteroatoms. The van der Waals surface area contributed by atoms with Crippen LogP contribution in [0.4, 0.5) is 35.4 Å². The van der Waals surface area contributed by atoms with Gasteiger partial charge in [0, 0.05) is 18.3 Å². The Kier molecular flexibility index (Phi) is 8.54. The first-order valence-electron chi connectivity index (χ1n) is 11.3. The number of benzene rings is 1. The number of rotatable bonds is 9. The van der Waals surface area contributed by atoms with E-state index in [1.165, 1.54) is 6.07 Å². The lowest BCUT2D eigenvalue weighted by Gasteiger charge is -2.38. The Labute approximate surface area is 211 Å². The van der Waals surface area contributed by atoms with Gasteiger partial charge in [-0.25, -0.2) is 13.2 Å². The van der Waals surface area contributed by atoms with Crippen LogP contribution in [0.25, 0.3) is 0 Å². The van der Waals surface area contributed by atoms with Crippen molar-refractivity contribution in [2.45, 2.75) is 65.3 Å². The molecule has 1 aliphatic heterocycles. The van der Waals surface area contributed by atoms with Crippen molar-refractivity contribution in [3.8, 4) is 0 Å². The van der Waals surface area contributed by atoms with Gasteiger partial charge in [0.15, 0.2) is 5.75 Å². The number of fused-ring (bicyclic) bond motifs is 1. The summed E-state index contributed by atoms with van der Waals surface area (Å²) in [6, 6.07) is 3.32. The topological polar surface area (TPSA) is 126 Å². The van der Waals surface area contributed by atoms with Gasteiger partial charge in [-0.15, -0.1) is 20.4 Å². The standard InChI is InChI=1S/C21H27F3N6O4S2/c1-5-14-8-7-13-9-15(25-27-20-28-26-18(35-20)19(31)34-12(3)4)16(10-17(13)30(14)6-2)29-36(32,33)11-21(22,23)24/h9-10,12,14,29H,5-8,11H2,1-4H3.